The van der Waals surface area contributed by atoms with Gasteiger partial charge in [0, 0.05) is 11.3 Å². The summed E-state index contributed by atoms with van der Waals surface area (Å²) in [4.78, 5) is 13.5. The highest BCUT2D eigenvalue weighted by molar-refractivity contribution is 5.77. The third kappa shape index (κ3) is 4.70. The maximum absolute atomic E-state index is 13.5. The molecule has 0 bridgehead atoms. The summed E-state index contributed by atoms with van der Waals surface area (Å²) in [5.74, 6) is 3.77. The zero-order valence-corrected chi connectivity index (χ0v) is 23.4. The van der Waals surface area contributed by atoms with Gasteiger partial charge < -0.3 is 9.47 Å². The molecule has 0 radical (unpaired) electrons. The van der Waals surface area contributed by atoms with Crippen molar-refractivity contribution < 1.29 is 14.3 Å². The predicted molar refractivity (Wildman–Crippen MR) is 145 cm³/mol. The molecule has 2 fully saturated rings. The van der Waals surface area contributed by atoms with Gasteiger partial charge in [-0.2, -0.15) is 0 Å². The van der Waals surface area contributed by atoms with E-state index in [0.717, 1.165) is 49.2 Å². The van der Waals surface area contributed by atoms with Gasteiger partial charge in [-0.15, -0.1) is 0 Å². The lowest BCUT2D eigenvalue weighted by molar-refractivity contribution is -0.161. The number of fused-ring (bicyclic) bond motifs is 4. The molecule has 198 valence electrons. The largest absolute Gasteiger partial charge is 0.431 e. The lowest BCUT2D eigenvalue weighted by Gasteiger charge is -2.53. The van der Waals surface area contributed by atoms with Crippen LogP contribution in [-0.4, -0.2) is 12.1 Å². The number of allylic oxidation sites excluding steroid dienone is 2. The van der Waals surface area contributed by atoms with Crippen molar-refractivity contribution in [3.05, 3.63) is 47.2 Å². The van der Waals surface area contributed by atoms with Gasteiger partial charge in [0.15, 0.2) is 0 Å². The summed E-state index contributed by atoms with van der Waals surface area (Å²) in [7, 11) is 0. The highest BCUT2D eigenvalue weighted by Crippen LogP contribution is 2.65. The number of hydrogen-bond donors (Lipinski definition) is 0. The van der Waals surface area contributed by atoms with Gasteiger partial charge in [-0.25, -0.2) is 0 Å². The molecule has 0 N–H and O–H groups in total. The molecular formula is C33H48O3. The highest BCUT2D eigenvalue weighted by Gasteiger charge is 2.59. The minimum Gasteiger partial charge on any atom is -0.431 e. The smallest absolute Gasteiger partial charge is 0.315 e. The van der Waals surface area contributed by atoms with Gasteiger partial charge >= 0.3 is 5.97 Å². The second kappa shape index (κ2) is 10.3. The van der Waals surface area contributed by atoms with Gasteiger partial charge in [-0.05, 0) is 79.3 Å². The van der Waals surface area contributed by atoms with Crippen LogP contribution in [0.4, 0.5) is 0 Å². The Hall–Kier alpha value is -1.61. The summed E-state index contributed by atoms with van der Waals surface area (Å²) in [6, 6.07) is 10.4. The Labute approximate surface area is 219 Å². The van der Waals surface area contributed by atoms with E-state index in [0.29, 0.717) is 12.5 Å². The molecular weight excluding hydrogens is 444 g/mol. The SMILES string of the molecule is CC(C)CCC[C@@H](C)[C@H]1CC[C@H]2C3=C(CC[C@]12C)[C@@]1(C)CC[C@H](OCc2ccccc2)C[C@@H]1C(=O)O3. The highest BCUT2D eigenvalue weighted by atomic mass is 16.5. The van der Waals surface area contributed by atoms with E-state index in [1.807, 2.05) is 6.07 Å². The van der Waals surface area contributed by atoms with Crippen LogP contribution < -0.4 is 0 Å². The second-order valence-electron chi connectivity index (χ2n) is 13.5. The van der Waals surface area contributed by atoms with Crippen LogP contribution in [0.5, 0.6) is 0 Å². The van der Waals surface area contributed by atoms with E-state index >= 15 is 0 Å². The van der Waals surface area contributed by atoms with E-state index in [2.05, 4.69) is 58.9 Å². The molecule has 7 atom stereocenters. The Balaban J connectivity index is 1.29. The summed E-state index contributed by atoms with van der Waals surface area (Å²) in [5, 5.41) is 0. The fourth-order valence-electron chi connectivity index (χ4n) is 8.58. The van der Waals surface area contributed by atoms with E-state index < -0.39 is 0 Å². The van der Waals surface area contributed by atoms with Crippen molar-refractivity contribution >= 4 is 5.97 Å². The van der Waals surface area contributed by atoms with E-state index in [4.69, 9.17) is 9.47 Å². The fourth-order valence-corrected chi connectivity index (χ4v) is 8.58. The zero-order valence-electron chi connectivity index (χ0n) is 23.4. The summed E-state index contributed by atoms with van der Waals surface area (Å²) in [5.41, 5.74) is 2.90. The molecule has 3 nitrogen and oxygen atoms in total. The van der Waals surface area contributed by atoms with Crippen molar-refractivity contribution in [3.8, 4) is 0 Å². The molecule has 0 unspecified atom stereocenters. The van der Waals surface area contributed by atoms with Gasteiger partial charge in [0.25, 0.3) is 0 Å². The lowest BCUT2D eigenvalue weighted by atomic mass is 9.54. The Bertz CT molecular complexity index is 964. The first kappa shape index (κ1) is 26.0. The summed E-state index contributed by atoms with van der Waals surface area (Å²) in [6.07, 6.45) is 11.8. The number of carbonyl (C=O) groups excluding carboxylic acids is 1. The average Bonchev–Trinajstić information content (AvgIpc) is 3.21. The van der Waals surface area contributed by atoms with Crippen molar-refractivity contribution in [3.63, 3.8) is 0 Å². The summed E-state index contributed by atoms with van der Waals surface area (Å²) < 4.78 is 12.6. The Morgan fingerprint density at radius 2 is 1.78 bits per heavy atom. The van der Waals surface area contributed by atoms with Crippen molar-refractivity contribution in [2.45, 2.75) is 112 Å². The van der Waals surface area contributed by atoms with Crippen LogP contribution in [0.25, 0.3) is 0 Å². The quantitative estimate of drug-likeness (QED) is 0.341. The third-order valence-electron chi connectivity index (χ3n) is 10.8. The Kier molecular flexibility index (Phi) is 7.42. The van der Waals surface area contributed by atoms with Gasteiger partial charge in [-0.3, -0.25) is 4.79 Å². The first-order valence-electron chi connectivity index (χ1n) is 14.8. The van der Waals surface area contributed by atoms with E-state index in [1.54, 1.807) is 0 Å². The molecule has 2 saturated carbocycles. The molecule has 0 saturated heterocycles. The average molecular weight is 493 g/mol. The minimum atomic E-state index is -0.0673. The van der Waals surface area contributed by atoms with Gasteiger partial charge in [-0.1, -0.05) is 84.2 Å². The zero-order chi connectivity index (χ0) is 25.5. The van der Waals surface area contributed by atoms with Crippen LogP contribution in [0.1, 0.15) is 104 Å². The van der Waals surface area contributed by atoms with Crippen molar-refractivity contribution in [2.24, 2.45) is 40.4 Å². The maximum Gasteiger partial charge on any atom is 0.315 e. The standard InChI is InChI=1S/C33H48O3/c1-22(2)10-9-11-23(3)26-14-15-27-30-28(17-19-32(26,27)4)33(5)18-16-25(20-29(33)31(34)36-30)35-21-24-12-7-6-8-13-24/h6-8,12-13,22-23,25-27,29H,9-11,14-21H2,1-5H3/t23-,25+,26-,27+,29-,32-,33-/m1/s1. The van der Waals surface area contributed by atoms with Crippen LogP contribution >= 0.6 is 0 Å². The van der Waals surface area contributed by atoms with Gasteiger partial charge in [0.2, 0.25) is 0 Å². The van der Waals surface area contributed by atoms with Crippen molar-refractivity contribution in [1.29, 1.82) is 0 Å². The molecule has 4 aliphatic rings. The minimum absolute atomic E-state index is 0.0157. The number of ether oxygens (including phenoxy) is 2. The molecule has 3 aliphatic carbocycles. The Morgan fingerprint density at radius 1 is 1.00 bits per heavy atom. The van der Waals surface area contributed by atoms with Crippen LogP contribution in [-0.2, 0) is 20.9 Å². The molecule has 0 spiro atoms. The third-order valence-corrected chi connectivity index (χ3v) is 10.8. The first-order valence-corrected chi connectivity index (χ1v) is 14.8. The van der Waals surface area contributed by atoms with Crippen LogP contribution in [0.3, 0.4) is 0 Å². The molecule has 1 aliphatic heterocycles. The monoisotopic (exact) mass is 492 g/mol. The molecule has 1 aromatic rings. The molecule has 1 heterocycles. The van der Waals surface area contributed by atoms with E-state index in [9.17, 15) is 4.79 Å². The van der Waals surface area contributed by atoms with Gasteiger partial charge in [0.1, 0.15) is 5.76 Å². The second-order valence-corrected chi connectivity index (χ2v) is 13.5. The van der Waals surface area contributed by atoms with Crippen LogP contribution in [0.15, 0.2) is 41.7 Å². The van der Waals surface area contributed by atoms with E-state index in [-0.39, 0.29) is 28.8 Å². The first-order chi connectivity index (χ1) is 17.2. The fraction of sp³-hybridized carbons (Fsp3) is 0.727. The molecule has 1 aromatic carbocycles. The number of hydrogen-bond acceptors (Lipinski definition) is 3. The lowest BCUT2D eigenvalue weighted by Crippen LogP contribution is -2.50. The number of esters is 1. The van der Waals surface area contributed by atoms with E-state index in [1.165, 1.54) is 49.7 Å². The number of carbonyl (C=O) groups is 1. The summed E-state index contributed by atoms with van der Waals surface area (Å²) >= 11 is 0. The van der Waals surface area contributed by atoms with Crippen molar-refractivity contribution in [2.75, 3.05) is 0 Å². The van der Waals surface area contributed by atoms with Crippen LogP contribution in [0, 0.1) is 40.4 Å². The number of rotatable bonds is 8. The number of benzene rings is 1. The van der Waals surface area contributed by atoms with Gasteiger partial charge in [0.05, 0.1) is 18.6 Å². The van der Waals surface area contributed by atoms with Crippen LogP contribution in [0.2, 0.25) is 0 Å². The predicted octanol–water partition coefficient (Wildman–Crippen LogP) is 8.48. The maximum atomic E-state index is 13.5. The molecule has 0 amide bonds. The molecule has 36 heavy (non-hydrogen) atoms. The molecule has 0 aromatic heterocycles. The summed E-state index contributed by atoms with van der Waals surface area (Å²) in [6.45, 7) is 12.7. The molecule has 3 heteroatoms. The molecule has 5 rings (SSSR count). The van der Waals surface area contributed by atoms with Crippen molar-refractivity contribution in [1.82, 2.24) is 0 Å². The topological polar surface area (TPSA) is 35.5 Å². The normalized spacial score (nSPS) is 36.8. The Morgan fingerprint density at radius 3 is 2.53 bits per heavy atom.